The Morgan fingerprint density at radius 3 is 1.31 bits per heavy atom. The Kier molecular flexibility index (Phi) is 6.24. The van der Waals surface area contributed by atoms with Crippen LogP contribution in [0, 0.1) is 0 Å². The van der Waals surface area contributed by atoms with Gasteiger partial charge >= 0.3 is 0 Å². The van der Waals surface area contributed by atoms with Gasteiger partial charge in [0.2, 0.25) is 0 Å². The van der Waals surface area contributed by atoms with Crippen LogP contribution >= 0.6 is 0 Å². The minimum Gasteiger partial charge on any atom is -0.369 e. The molecule has 9 aromatic rings. The first-order chi connectivity index (χ1) is 26.5. The zero-order valence-corrected chi connectivity index (χ0v) is 28.4. The Labute approximate surface area is 307 Å². The van der Waals surface area contributed by atoms with E-state index in [9.17, 15) is 19.5 Å². The Balaban J connectivity index is 1.03. The van der Waals surface area contributed by atoms with E-state index < -0.39 is 6.23 Å². The molecule has 8 heteroatoms. The zero-order chi connectivity index (χ0) is 36.2. The quantitative estimate of drug-likeness (QED) is 0.112. The predicted octanol–water partition coefficient (Wildman–Crippen LogP) is 9.31. The molecule has 11 rings (SSSR count). The van der Waals surface area contributed by atoms with Gasteiger partial charge in [0, 0.05) is 63.5 Å². The van der Waals surface area contributed by atoms with Crippen LogP contribution in [0.4, 0.5) is 11.4 Å². The van der Waals surface area contributed by atoms with E-state index in [1.165, 1.54) is 9.80 Å². The van der Waals surface area contributed by atoms with Gasteiger partial charge in [-0.1, -0.05) is 54.6 Å². The van der Waals surface area contributed by atoms with Crippen molar-refractivity contribution < 1.29 is 19.5 Å². The van der Waals surface area contributed by atoms with Crippen molar-refractivity contribution in [2.24, 2.45) is 0 Å². The lowest BCUT2D eigenvalue weighted by Crippen LogP contribution is -2.40. The Morgan fingerprint density at radius 2 is 0.815 bits per heavy atom. The number of hydrogen-bond donors (Lipinski definition) is 1. The van der Waals surface area contributed by atoms with Crippen LogP contribution in [-0.4, -0.2) is 32.8 Å². The average molecular weight is 699 g/mol. The molecule has 4 heterocycles. The van der Waals surface area contributed by atoms with Gasteiger partial charge in [-0.2, -0.15) is 0 Å². The van der Waals surface area contributed by atoms with Crippen molar-refractivity contribution in [1.29, 1.82) is 0 Å². The Hall–Kier alpha value is -7.29. The van der Waals surface area contributed by atoms with Crippen molar-refractivity contribution in [2.45, 2.75) is 6.23 Å². The van der Waals surface area contributed by atoms with E-state index in [0.717, 1.165) is 54.6 Å². The first-order valence-corrected chi connectivity index (χ1v) is 17.6. The third kappa shape index (κ3) is 4.08. The van der Waals surface area contributed by atoms with Gasteiger partial charge in [-0.3, -0.25) is 29.3 Å². The van der Waals surface area contributed by atoms with Crippen LogP contribution in [0.1, 0.15) is 42.9 Å². The molecule has 2 aliphatic heterocycles. The molecular formula is C46H26N4O4. The number of anilines is 2. The number of pyridine rings is 2. The van der Waals surface area contributed by atoms with Crippen LogP contribution < -0.4 is 9.80 Å². The third-order valence-corrected chi connectivity index (χ3v) is 11.1. The number of carbonyl (C=O) groups excluding carboxylic acids is 3. The van der Waals surface area contributed by atoms with E-state index in [2.05, 4.69) is 9.97 Å². The van der Waals surface area contributed by atoms with Gasteiger partial charge in [-0.15, -0.1) is 0 Å². The van der Waals surface area contributed by atoms with Crippen molar-refractivity contribution in [3.63, 3.8) is 0 Å². The number of aliphatic hydroxyl groups excluding tert-OH is 1. The first-order valence-electron chi connectivity index (χ1n) is 17.6. The van der Waals surface area contributed by atoms with Gasteiger partial charge in [0.15, 0.2) is 6.23 Å². The molecule has 0 aliphatic carbocycles. The molecular weight excluding hydrogens is 673 g/mol. The molecule has 0 spiro atoms. The molecule has 0 fully saturated rings. The number of nitrogens with zero attached hydrogens (tertiary/aromatic N) is 4. The van der Waals surface area contributed by atoms with E-state index in [0.29, 0.717) is 44.4 Å². The summed E-state index contributed by atoms with van der Waals surface area (Å²) in [5.74, 6) is -1.06. The van der Waals surface area contributed by atoms with Crippen molar-refractivity contribution in [2.75, 3.05) is 9.80 Å². The van der Waals surface area contributed by atoms with Gasteiger partial charge in [0.1, 0.15) is 0 Å². The summed E-state index contributed by atoms with van der Waals surface area (Å²) in [6.45, 7) is 0. The van der Waals surface area contributed by atoms with Crippen molar-refractivity contribution >= 4 is 72.2 Å². The molecule has 0 bridgehead atoms. The maximum Gasteiger partial charge on any atom is 0.265 e. The maximum atomic E-state index is 14.3. The molecule has 0 radical (unpaired) electrons. The van der Waals surface area contributed by atoms with E-state index in [1.54, 1.807) is 49.1 Å². The lowest BCUT2D eigenvalue weighted by atomic mass is 9.82. The van der Waals surface area contributed by atoms with Crippen molar-refractivity contribution in [3.8, 4) is 22.3 Å². The van der Waals surface area contributed by atoms with Crippen molar-refractivity contribution in [1.82, 2.24) is 9.97 Å². The molecule has 0 saturated heterocycles. The molecule has 2 aliphatic rings. The molecule has 1 atom stereocenters. The van der Waals surface area contributed by atoms with Crippen LogP contribution in [-0.2, 0) is 0 Å². The summed E-state index contributed by atoms with van der Waals surface area (Å²) in [5, 5.41) is 18.4. The minimum absolute atomic E-state index is 0.295. The highest BCUT2D eigenvalue weighted by Crippen LogP contribution is 2.48. The molecule has 2 aromatic heterocycles. The third-order valence-electron chi connectivity index (χ3n) is 11.1. The summed E-state index contributed by atoms with van der Waals surface area (Å²) < 4.78 is 0. The summed E-state index contributed by atoms with van der Waals surface area (Å²) in [6.07, 6.45) is 5.71. The molecule has 8 nitrogen and oxygen atoms in total. The summed E-state index contributed by atoms with van der Waals surface area (Å²) >= 11 is 0. The number of carbonyl (C=O) groups is 3. The fourth-order valence-corrected chi connectivity index (χ4v) is 8.58. The smallest absolute Gasteiger partial charge is 0.265 e. The number of imide groups is 1. The highest BCUT2D eigenvalue weighted by Gasteiger charge is 2.38. The average Bonchev–Trinajstić information content (AvgIpc) is 3.22. The topological polar surface area (TPSA) is 104 Å². The number of aliphatic hydroxyl groups is 1. The lowest BCUT2D eigenvalue weighted by molar-refractivity contribution is 0.0872. The standard InChI is InChI=1S/C46H26N4O4/c51-43-35-13-9-31-33-11-15-37-42-38(46(54)50(45(37)53)30-7-3-26(4-8-30)28-19-23-48-24-20-28)16-12-34(40(33)42)32-10-14-36(41(35)39(31)32)44(52)49(43)29-5-1-25(2-6-29)27-17-21-47-22-18-27/h1-24,43,51H. The largest absolute Gasteiger partial charge is 0.369 e. The van der Waals surface area contributed by atoms with Crippen LogP contribution in [0.3, 0.4) is 0 Å². The number of rotatable bonds is 4. The second-order valence-electron chi connectivity index (χ2n) is 13.7. The SMILES string of the molecule is O=C1c2ccc3c4ccc5c6c(ccc(c7ccc(c2c37)C(=O)N1c1ccc(-c2ccncc2)cc1)c64)C(O)N(c1ccc(-c2ccncc2)cc1)C5=O. The molecule has 254 valence electrons. The molecule has 54 heavy (non-hydrogen) atoms. The van der Waals surface area contributed by atoms with E-state index in [-0.39, 0.29) is 17.7 Å². The first kappa shape index (κ1) is 30.3. The number of amides is 3. The highest BCUT2D eigenvalue weighted by molar-refractivity contribution is 6.43. The van der Waals surface area contributed by atoms with Gasteiger partial charge in [-0.05, 0) is 121 Å². The fourth-order valence-electron chi connectivity index (χ4n) is 8.58. The second kappa shape index (κ2) is 11.1. The monoisotopic (exact) mass is 698 g/mol. The minimum atomic E-state index is -1.21. The molecule has 3 amide bonds. The number of aromatic nitrogens is 2. The Bertz CT molecular complexity index is 2990. The molecule has 1 N–H and O–H groups in total. The maximum absolute atomic E-state index is 14.3. The summed E-state index contributed by atoms with van der Waals surface area (Å²) in [7, 11) is 0. The molecule has 0 saturated carbocycles. The molecule has 7 aromatic carbocycles. The van der Waals surface area contributed by atoms with Crippen LogP contribution in [0.5, 0.6) is 0 Å². The lowest BCUT2D eigenvalue weighted by Gasteiger charge is -2.34. The Morgan fingerprint density at radius 1 is 0.407 bits per heavy atom. The fraction of sp³-hybridized carbons (Fsp3) is 0.0217. The van der Waals surface area contributed by atoms with Crippen LogP contribution in [0.15, 0.2) is 146 Å². The van der Waals surface area contributed by atoms with E-state index >= 15 is 0 Å². The van der Waals surface area contributed by atoms with Gasteiger partial charge in [0.05, 0.1) is 5.69 Å². The van der Waals surface area contributed by atoms with E-state index in [4.69, 9.17) is 0 Å². The zero-order valence-electron chi connectivity index (χ0n) is 28.4. The van der Waals surface area contributed by atoms with Gasteiger partial charge in [0.25, 0.3) is 17.7 Å². The highest BCUT2D eigenvalue weighted by atomic mass is 16.3. The van der Waals surface area contributed by atoms with E-state index in [1.807, 2.05) is 97.1 Å². The number of hydrogen-bond acceptors (Lipinski definition) is 6. The van der Waals surface area contributed by atoms with Crippen LogP contribution in [0.2, 0.25) is 0 Å². The molecule has 1 unspecified atom stereocenters. The van der Waals surface area contributed by atoms with Crippen LogP contribution in [0.25, 0.3) is 65.3 Å². The second-order valence-corrected chi connectivity index (χ2v) is 13.7. The van der Waals surface area contributed by atoms with Gasteiger partial charge in [-0.25, -0.2) is 4.90 Å². The van der Waals surface area contributed by atoms with Gasteiger partial charge < -0.3 is 5.11 Å². The summed E-state index contributed by atoms with van der Waals surface area (Å²) in [5.41, 5.74) is 7.04. The number of benzene rings is 7. The normalized spacial score (nSPS) is 15.4. The number of fused-ring (bicyclic) bond motifs is 2. The predicted molar refractivity (Wildman–Crippen MR) is 210 cm³/mol. The summed E-state index contributed by atoms with van der Waals surface area (Å²) in [4.78, 5) is 53.5. The van der Waals surface area contributed by atoms with Crippen molar-refractivity contribution in [3.05, 3.63) is 168 Å². The summed E-state index contributed by atoms with van der Waals surface area (Å²) in [6, 6.07) is 37.7.